The van der Waals surface area contributed by atoms with Crippen LogP contribution in [-0.2, 0) is 15.1 Å². The van der Waals surface area contributed by atoms with Gasteiger partial charge in [-0.05, 0) is 56.2 Å². The molecule has 0 unspecified atom stereocenters. The Balaban J connectivity index is 1.39. The molecule has 3 aromatic rings. The molecule has 6 heteroatoms. The first-order valence-electron chi connectivity index (χ1n) is 16.4. The Kier molecular flexibility index (Phi) is 11.8. The number of carbonyl (C=O) groups excluding carboxylic acids is 2. The number of nitrogens with zero attached hydrogens (tertiary/aromatic N) is 2. The summed E-state index contributed by atoms with van der Waals surface area (Å²) < 4.78 is 2.34. The number of amides is 2. The average molecular weight is 600 g/mol. The summed E-state index contributed by atoms with van der Waals surface area (Å²) in [6, 6.07) is 12.5. The molecule has 1 aromatic heterocycles. The van der Waals surface area contributed by atoms with Crippen LogP contribution in [0.3, 0.4) is 0 Å². The highest BCUT2D eigenvalue weighted by Crippen LogP contribution is 2.41. The fourth-order valence-electron chi connectivity index (χ4n) is 6.36. The van der Waals surface area contributed by atoms with E-state index in [1.165, 1.54) is 73.8 Å². The van der Waals surface area contributed by atoms with E-state index in [1.54, 1.807) is 23.3 Å². The molecule has 1 aliphatic heterocycles. The molecule has 0 bridgehead atoms. The number of hydrogen-bond acceptors (Lipinski definition) is 4. The zero-order valence-electron chi connectivity index (χ0n) is 26.7. The number of benzene rings is 2. The SMILES string of the molecule is CC#Cc1ccc2sc3ccc([C@]4(C)CC(=O)N(C)C(=N)N4C(=O)CCCCCCCCCCCCCCC)cc3c2c1. The summed E-state index contributed by atoms with van der Waals surface area (Å²) in [5.74, 6) is 5.87. The van der Waals surface area contributed by atoms with Gasteiger partial charge in [-0.2, -0.15) is 0 Å². The first-order valence-corrected chi connectivity index (χ1v) is 17.2. The van der Waals surface area contributed by atoms with E-state index < -0.39 is 5.54 Å². The van der Waals surface area contributed by atoms with Crippen LogP contribution in [0.4, 0.5) is 0 Å². The second kappa shape index (κ2) is 15.5. The minimum atomic E-state index is -0.919. The molecule has 4 rings (SSSR count). The monoisotopic (exact) mass is 599 g/mol. The van der Waals surface area contributed by atoms with Crippen molar-refractivity contribution in [2.45, 2.75) is 123 Å². The maximum atomic E-state index is 13.7. The van der Waals surface area contributed by atoms with E-state index in [9.17, 15) is 9.59 Å². The van der Waals surface area contributed by atoms with E-state index >= 15 is 0 Å². The van der Waals surface area contributed by atoms with E-state index in [-0.39, 0.29) is 24.2 Å². The van der Waals surface area contributed by atoms with Crippen molar-refractivity contribution in [3.63, 3.8) is 0 Å². The topological polar surface area (TPSA) is 64.5 Å². The Morgan fingerprint density at radius 2 is 1.44 bits per heavy atom. The zero-order valence-corrected chi connectivity index (χ0v) is 27.5. The van der Waals surface area contributed by atoms with Gasteiger partial charge in [0, 0.05) is 39.2 Å². The minimum absolute atomic E-state index is 0.0331. The van der Waals surface area contributed by atoms with Crippen molar-refractivity contribution in [2.75, 3.05) is 7.05 Å². The van der Waals surface area contributed by atoms with Crippen molar-refractivity contribution < 1.29 is 9.59 Å². The number of unbranched alkanes of at least 4 members (excludes halogenated alkanes) is 12. The van der Waals surface area contributed by atoms with Crippen molar-refractivity contribution in [3.05, 3.63) is 47.5 Å². The highest BCUT2D eigenvalue weighted by atomic mass is 32.1. The van der Waals surface area contributed by atoms with Crippen LogP contribution in [0.5, 0.6) is 0 Å². The Hall–Kier alpha value is -3.17. The predicted octanol–water partition coefficient (Wildman–Crippen LogP) is 9.75. The van der Waals surface area contributed by atoms with Crippen LogP contribution in [0.2, 0.25) is 0 Å². The molecule has 5 nitrogen and oxygen atoms in total. The minimum Gasteiger partial charge on any atom is -0.286 e. The molecule has 2 aromatic carbocycles. The molecule has 1 aliphatic rings. The quantitative estimate of drug-likeness (QED) is 0.140. The van der Waals surface area contributed by atoms with Gasteiger partial charge in [-0.3, -0.25) is 24.8 Å². The van der Waals surface area contributed by atoms with Crippen LogP contribution in [0.25, 0.3) is 20.2 Å². The summed E-state index contributed by atoms with van der Waals surface area (Å²) in [4.78, 5) is 29.7. The van der Waals surface area contributed by atoms with Crippen molar-refractivity contribution >= 4 is 49.3 Å². The van der Waals surface area contributed by atoms with E-state index in [0.29, 0.717) is 6.42 Å². The lowest BCUT2D eigenvalue weighted by Gasteiger charge is -2.47. The van der Waals surface area contributed by atoms with Gasteiger partial charge in [0.2, 0.25) is 17.8 Å². The largest absolute Gasteiger partial charge is 0.286 e. The van der Waals surface area contributed by atoms with Gasteiger partial charge < -0.3 is 0 Å². The van der Waals surface area contributed by atoms with E-state index in [4.69, 9.17) is 5.41 Å². The Morgan fingerprint density at radius 3 is 2.05 bits per heavy atom. The number of thiophene rings is 1. The predicted molar refractivity (Wildman–Crippen MR) is 182 cm³/mol. The molecule has 2 amide bonds. The maximum absolute atomic E-state index is 13.7. The highest BCUT2D eigenvalue weighted by molar-refractivity contribution is 7.25. The van der Waals surface area contributed by atoms with E-state index in [0.717, 1.165) is 45.9 Å². The van der Waals surface area contributed by atoms with E-state index in [2.05, 4.69) is 43.0 Å². The average Bonchev–Trinajstić information content (AvgIpc) is 3.36. The molecule has 43 heavy (non-hydrogen) atoms. The van der Waals surface area contributed by atoms with Gasteiger partial charge in [-0.25, -0.2) is 0 Å². The first kappa shape index (κ1) is 32.7. The van der Waals surface area contributed by atoms with E-state index in [1.807, 2.05) is 26.0 Å². The van der Waals surface area contributed by atoms with Gasteiger partial charge in [0.25, 0.3) is 0 Å². The normalized spacial score (nSPS) is 17.1. The molecule has 230 valence electrons. The van der Waals surface area contributed by atoms with Crippen LogP contribution in [-0.4, -0.2) is 34.6 Å². The Labute approximate surface area is 262 Å². The molecule has 1 saturated heterocycles. The number of nitrogens with one attached hydrogen (secondary N) is 1. The number of rotatable bonds is 15. The lowest BCUT2D eigenvalue weighted by molar-refractivity contribution is -0.141. The molecule has 0 radical (unpaired) electrons. The standard InChI is InChI=1S/C37H49N3O2S/c1-5-7-8-9-10-11-12-13-14-15-16-17-18-20-34(41)40-36(38)39(4)35(42)27-37(40,3)29-22-24-33-31(26-29)30-25-28(19-6-2)21-23-32(30)43-33/h21-26,38H,5,7-18,20,27H2,1-4H3/t37-/m0/s1. The lowest BCUT2D eigenvalue weighted by atomic mass is 9.83. The van der Waals surface area contributed by atoms with Crippen LogP contribution in [0.15, 0.2) is 36.4 Å². The number of guanidine groups is 1. The second-order valence-corrected chi connectivity index (χ2v) is 13.4. The first-order chi connectivity index (χ1) is 20.8. The zero-order chi connectivity index (χ0) is 30.8. The van der Waals surface area contributed by atoms with Crippen LogP contribution < -0.4 is 0 Å². The molecule has 2 heterocycles. The second-order valence-electron chi connectivity index (χ2n) is 12.3. The van der Waals surface area contributed by atoms with Crippen LogP contribution in [0, 0.1) is 17.3 Å². The third kappa shape index (κ3) is 7.87. The molecular formula is C37H49N3O2S. The van der Waals surface area contributed by atoms with Gasteiger partial charge in [-0.1, -0.05) is 96.0 Å². The summed E-state index contributed by atoms with van der Waals surface area (Å²) in [5, 5.41) is 11.1. The van der Waals surface area contributed by atoms with Gasteiger partial charge in [-0.15, -0.1) is 17.3 Å². The molecule has 0 saturated carbocycles. The van der Waals surface area contributed by atoms with Gasteiger partial charge in [0.1, 0.15) is 0 Å². The van der Waals surface area contributed by atoms with Gasteiger partial charge in [0.15, 0.2) is 0 Å². The lowest BCUT2D eigenvalue weighted by Crippen LogP contribution is -2.62. The summed E-state index contributed by atoms with van der Waals surface area (Å²) >= 11 is 1.73. The Bertz CT molecular complexity index is 1500. The molecule has 1 N–H and O–H groups in total. The molecule has 0 aliphatic carbocycles. The molecule has 1 atom stereocenters. The fraction of sp³-hybridized carbons (Fsp3) is 0.541. The fourth-order valence-corrected chi connectivity index (χ4v) is 7.43. The smallest absolute Gasteiger partial charge is 0.231 e. The van der Waals surface area contributed by atoms with Crippen molar-refractivity contribution in [1.82, 2.24) is 9.80 Å². The molecular weight excluding hydrogens is 550 g/mol. The summed E-state index contributed by atoms with van der Waals surface area (Å²) in [6.45, 7) is 6.04. The highest BCUT2D eigenvalue weighted by Gasteiger charge is 2.47. The van der Waals surface area contributed by atoms with Gasteiger partial charge in [0.05, 0.1) is 12.0 Å². The number of fused-ring (bicyclic) bond motifs is 3. The molecule has 0 spiro atoms. The van der Waals surface area contributed by atoms with Crippen molar-refractivity contribution in [1.29, 1.82) is 5.41 Å². The number of carbonyl (C=O) groups is 2. The van der Waals surface area contributed by atoms with Crippen LogP contribution >= 0.6 is 11.3 Å². The maximum Gasteiger partial charge on any atom is 0.231 e. The summed E-state index contributed by atoms with van der Waals surface area (Å²) in [5.41, 5.74) is 0.936. The van der Waals surface area contributed by atoms with Gasteiger partial charge >= 0.3 is 0 Å². The third-order valence-corrected chi connectivity index (χ3v) is 10.1. The Morgan fingerprint density at radius 1 is 0.884 bits per heavy atom. The molecule has 1 fully saturated rings. The third-order valence-electron chi connectivity index (χ3n) is 9.00. The van der Waals surface area contributed by atoms with Crippen molar-refractivity contribution in [3.8, 4) is 11.8 Å². The van der Waals surface area contributed by atoms with Crippen molar-refractivity contribution in [2.24, 2.45) is 0 Å². The van der Waals surface area contributed by atoms with Crippen LogP contribution in [0.1, 0.15) is 128 Å². The summed E-state index contributed by atoms with van der Waals surface area (Å²) in [7, 11) is 1.60. The number of hydrogen-bond donors (Lipinski definition) is 1. The summed E-state index contributed by atoms with van der Waals surface area (Å²) in [6.07, 6.45) is 16.8.